The Morgan fingerprint density at radius 3 is 2.20 bits per heavy atom. The van der Waals surface area contributed by atoms with Crippen molar-refractivity contribution in [3.05, 3.63) is 113 Å². The molecule has 0 saturated heterocycles. The van der Waals surface area contributed by atoms with E-state index in [0.717, 1.165) is 21.9 Å². The smallest absolute Gasteiger partial charge is 0.194 e. The SMILES string of the molecule is CN=Nc1ccc2c(c1)C(=O)c1cc(N=Nc3c(O)c(CONc4ccccc4Cl)cc4ccccc34)ccc1-2. The summed E-state index contributed by atoms with van der Waals surface area (Å²) in [6, 6.07) is 27.4. The summed E-state index contributed by atoms with van der Waals surface area (Å²) >= 11 is 6.18. The van der Waals surface area contributed by atoms with Crippen LogP contribution in [0, 0.1) is 0 Å². The Bertz CT molecular complexity index is 1850. The van der Waals surface area contributed by atoms with Gasteiger partial charge in [0, 0.05) is 29.1 Å². The number of ketones is 1. The van der Waals surface area contributed by atoms with Crippen molar-refractivity contribution in [1.29, 1.82) is 0 Å². The van der Waals surface area contributed by atoms with Crippen molar-refractivity contribution < 1.29 is 14.7 Å². The highest BCUT2D eigenvalue weighted by Gasteiger charge is 2.27. The molecule has 0 saturated carbocycles. The van der Waals surface area contributed by atoms with E-state index in [-0.39, 0.29) is 18.1 Å². The summed E-state index contributed by atoms with van der Waals surface area (Å²) in [4.78, 5) is 18.8. The molecule has 1 aliphatic carbocycles. The largest absolute Gasteiger partial charge is 0.505 e. The average molecular weight is 548 g/mol. The minimum absolute atomic E-state index is 0.0503. The molecule has 0 spiro atoms. The molecule has 0 heterocycles. The summed E-state index contributed by atoms with van der Waals surface area (Å²) in [5.74, 6) is -0.153. The summed E-state index contributed by atoms with van der Waals surface area (Å²) in [5, 5.41) is 29.9. The lowest BCUT2D eigenvalue weighted by Gasteiger charge is -2.12. The summed E-state index contributed by atoms with van der Waals surface area (Å²) in [6.45, 7) is 0.0512. The van der Waals surface area contributed by atoms with Crippen molar-refractivity contribution in [2.45, 2.75) is 6.61 Å². The van der Waals surface area contributed by atoms with Gasteiger partial charge in [-0.2, -0.15) is 15.3 Å². The number of nitrogens with one attached hydrogen (secondary N) is 1. The van der Waals surface area contributed by atoms with Crippen molar-refractivity contribution in [2.75, 3.05) is 12.5 Å². The lowest BCUT2D eigenvalue weighted by atomic mass is 10.0. The third kappa shape index (κ3) is 4.70. The predicted octanol–water partition coefficient (Wildman–Crippen LogP) is 9.08. The minimum Gasteiger partial charge on any atom is -0.505 e. The van der Waals surface area contributed by atoms with Gasteiger partial charge in [-0.3, -0.25) is 15.1 Å². The number of phenols is 1. The fraction of sp³-hybridized carbons (Fsp3) is 0.0645. The third-order valence-electron chi connectivity index (χ3n) is 6.62. The number of hydrogen-bond acceptors (Lipinski definition) is 8. The molecule has 5 aromatic rings. The maximum absolute atomic E-state index is 13.2. The minimum atomic E-state index is -0.103. The molecular weight excluding hydrogens is 526 g/mol. The maximum atomic E-state index is 13.2. The van der Waals surface area contributed by atoms with Crippen LogP contribution in [-0.2, 0) is 11.4 Å². The molecule has 0 radical (unpaired) electrons. The van der Waals surface area contributed by atoms with Crippen molar-refractivity contribution >= 4 is 50.9 Å². The molecule has 40 heavy (non-hydrogen) atoms. The zero-order valence-electron chi connectivity index (χ0n) is 21.3. The van der Waals surface area contributed by atoms with E-state index in [1.54, 1.807) is 37.4 Å². The highest BCUT2D eigenvalue weighted by molar-refractivity contribution is 6.33. The Hall–Kier alpha value is -4.92. The molecule has 0 fully saturated rings. The van der Waals surface area contributed by atoms with Gasteiger partial charge in [-0.1, -0.05) is 60.1 Å². The summed E-state index contributed by atoms with van der Waals surface area (Å²) < 4.78 is 0. The van der Waals surface area contributed by atoms with Gasteiger partial charge in [0.2, 0.25) is 0 Å². The van der Waals surface area contributed by atoms with Gasteiger partial charge in [-0.15, -0.1) is 5.11 Å². The first kappa shape index (κ1) is 25.4. The molecule has 0 amide bonds. The highest BCUT2D eigenvalue weighted by atomic mass is 35.5. The number of hydrogen-bond donors (Lipinski definition) is 2. The number of nitrogens with zero attached hydrogens (tertiary/aromatic N) is 4. The average Bonchev–Trinajstić information content (AvgIpc) is 3.24. The van der Waals surface area contributed by atoms with Crippen LogP contribution in [0.3, 0.4) is 0 Å². The summed E-state index contributed by atoms with van der Waals surface area (Å²) in [6.07, 6.45) is 0. The van der Waals surface area contributed by atoms with Crippen LogP contribution >= 0.6 is 11.6 Å². The fourth-order valence-corrected chi connectivity index (χ4v) is 4.90. The van der Waals surface area contributed by atoms with E-state index in [1.807, 2.05) is 60.7 Å². The van der Waals surface area contributed by atoms with Gasteiger partial charge in [0.05, 0.1) is 22.1 Å². The van der Waals surface area contributed by atoms with Crippen molar-refractivity contribution in [3.8, 4) is 16.9 Å². The van der Waals surface area contributed by atoms with Crippen molar-refractivity contribution in [1.82, 2.24) is 0 Å². The number of halogens is 1. The summed E-state index contributed by atoms with van der Waals surface area (Å²) in [5.41, 5.74) is 8.16. The number of fused-ring (bicyclic) bond motifs is 4. The molecule has 8 nitrogen and oxygen atoms in total. The maximum Gasteiger partial charge on any atom is 0.194 e. The zero-order valence-corrected chi connectivity index (χ0v) is 22.1. The molecule has 0 atom stereocenters. The number of benzene rings is 5. The third-order valence-corrected chi connectivity index (χ3v) is 6.95. The van der Waals surface area contributed by atoms with Crippen molar-refractivity contribution in [3.63, 3.8) is 0 Å². The zero-order chi connectivity index (χ0) is 27.6. The number of rotatable bonds is 7. The van der Waals surface area contributed by atoms with Gasteiger partial charge in [0.15, 0.2) is 5.78 Å². The number of para-hydroxylation sites is 1. The molecule has 0 unspecified atom stereocenters. The lowest BCUT2D eigenvalue weighted by Crippen LogP contribution is -2.02. The molecule has 6 rings (SSSR count). The monoisotopic (exact) mass is 547 g/mol. The van der Waals surface area contributed by atoms with Crippen LogP contribution in [0.15, 0.2) is 111 Å². The molecular formula is C31H22ClN5O3. The Kier molecular flexibility index (Phi) is 6.77. The second kappa shape index (κ2) is 10.7. The molecule has 9 heteroatoms. The van der Waals surface area contributed by atoms with Gasteiger partial charge in [0.1, 0.15) is 18.0 Å². The van der Waals surface area contributed by atoms with E-state index in [2.05, 4.69) is 25.9 Å². The Labute approximate surface area is 234 Å². The number of aromatic hydroxyl groups is 1. The van der Waals surface area contributed by atoms with Crippen LogP contribution in [0.2, 0.25) is 5.02 Å². The molecule has 0 aliphatic heterocycles. The van der Waals surface area contributed by atoms with Gasteiger partial charge in [-0.25, -0.2) is 0 Å². The highest BCUT2D eigenvalue weighted by Crippen LogP contribution is 2.42. The molecule has 2 N–H and O–H groups in total. The Morgan fingerprint density at radius 2 is 1.48 bits per heavy atom. The standard InChI is InChI=1S/C31H22ClN5O3/c1-33-34-20-10-12-23-24-13-11-21(16-26(24)31(39)25(23)15-20)35-36-29-22-7-3-2-6-18(22)14-19(30(29)38)17-40-37-28-9-5-4-8-27(28)32/h2-16,37-38H,17H2,1H3. The van der Waals surface area contributed by atoms with Gasteiger partial charge in [0.25, 0.3) is 0 Å². The molecule has 196 valence electrons. The first-order chi connectivity index (χ1) is 19.5. The number of phenolic OH excluding ortho intramolecular Hbond substituents is 1. The predicted molar refractivity (Wildman–Crippen MR) is 155 cm³/mol. The number of carbonyl (C=O) groups is 1. The first-order valence-corrected chi connectivity index (χ1v) is 12.8. The fourth-order valence-electron chi connectivity index (χ4n) is 4.72. The van der Waals surface area contributed by atoms with Crippen LogP contribution in [0.25, 0.3) is 21.9 Å². The van der Waals surface area contributed by atoms with Crippen LogP contribution in [0.1, 0.15) is 21.5 Å². The van der Waals surface area contributed by atoms with Gasteiger partial charge in [-0.05, 0) is 59.0 Å². The number of anilines is 1. The van der Waals surface area contributed by atoms with Gasteiger partial charge >= 0.3 is 0 Å². The quantitative estimate of drug-likeness (QED) is 0.153. The Morgan fingerprint density at radius 1 is 0.800 bits per heavy atom. The van der Waals surface area contributed by atoms with E-state index in [1.165, 1.54) is 0 Å². The molecule has 1 aliphatic rings. The molecule has 5 aromatic carbocycles. The van der Waals surface area contributed by atoms with E-state index >= 15 is 0 Å². The van der Waals surface area contributed by atoms with Crippen LogP contribution in [0.4, 0.5) is 22.7 Å². The lowest BCUT2D eigenvalue weighted by molar-refractivity contribution is 0.104. The topological polar surface area (TPSA) is 108 Å². The summed E-state index contributed by atoms with van der Waals surface area (Å²) in [7, 11) is 1.59. The second-order valence-corrected chi connectivity index (χ2v) is 9.52. The van der Waals surface area contributed by atoms with E-state index in [4.69, 9.17) is 16.4 Å². The Balaban J connectivity index is 1.30. The van der Waals surface area contributed by atoms with E-state index in [0.29, 0.717) is 44.5 Å². The second-order valence-electron chi connectivity index (χ2n) is 9.11. The van der Waals surface area contributed by atoms with Crippen LogP contribution in [-0.4, -0.2) is 17.9 Å². The van der Waals surface area contributed by atoms with Crippen LogP contribution in [0.5, 0.6) is 5.75 Å². The van der Waals surface area contributed by atoms with Gasteiger partial charge < -0.3 is 5.11 Å². The molecule has 0 bridgehead atoms. The normalized spacial score (nSPS) is 12.4. The van der Waals surface area contributed by atoms with Crippen LogP contribution < -0.4 is 5.48 Å². The number of carbonyl (C=O) groups excluding carboxylic acids is 1. The van der Waals surface area contributed by atoms with E-state index in [9.17, 15) is 9.90 Å². The van der Waals surface area contributed by atoms with E-state index < -0.39 is 0 Å². The first-order valence-electron chi connectivity index (χ1n) is 12.4. The number of azo groups is 2. The van der Waals surface area contributed by atoms with Crippen molar-refractivity contribution in [2.24, 2.45) is 20.5 Å². The molecule has 0 aromatic heterocycles.